The first kappa shape index (κ1) is 15.5. The molecule has 1 heterocycles. The molecule has 1 aromatic heterocycles. The second-order valence-electron chi connectivity index (χ2n) is 6.94. The van der Waals surface area contributed by atoms with Gasteiger partial charge < -0.3 is 5.32 Å². The molecule has 2 aliphatic carbocycles. The van der Waals surface area contributed by atoms with Gasteiger partial charge in [0.1, 0.15) is 5.01 Å². The van der Waals surface area contributed by atoms with Crippen molar-refractivity contribution >= 4 is 11.3 Å². The fraction of sp³-hybridized carbons (Fsp3) is 0.833. The van der Waals surface area contributed by atoms with Crippen LogP contribution in [0.2, 0.25) is 0 Å². The van der Waals surface area contributed by atoms with E-state index in [1.165, 1.54) is 74.9 Å². The number of rotatable bonds is 5. The Labute approximate surface area is 133 Å². The van der Waals surface area contributed by atoms with Crippen molar-refractivity contribution < 1.29 is 0 Å². The van der Waals surface area contributed by atoms with Crippen LogP contribution in [0, 0.1) is 5.92 Å². The van der Waals surface area contributed by atoms with E-state index in [1.54, 1.807) is 4.88 Å². The molecule has 0 radical (unpaired) electrons. The first-order chi connectivity index (χ1) is 10.3. The van der Waals surface area contributed by atoms with Crippen LogP contribution in [0.5, 0.6) is 0 Å². The number of thiazole rings is 1. The third kappa shape index (κ3) is 3.19. The van der Waals surface area contributed by atoms with Crippen molar-refractivity contribution in [3.8, 4) is 0 Å². The first-order valence-corrected chi connectivity index (χ1v) is 9.83. The Bertz CT molecular complexity index is 434. The van der Waals surface area contributed by atoms with Crippen molar-refractivity contribution in [2.45, 2.75) is 83.6 Å². The van der Waals surface area contributed by atoms with E-state index >= 15 is 0 Å². The largest absolute Gasteiger partial charge is 0.306 e. The minimum absolute atomic E-state index is 0.195. The highest BCUT2D eigenvalue weighted by atomic mass is 32.1. The highest BCUT2D eigenvalue weighted by Crippen LogP contribution is 2.43. The molecule has 2 nitrogen and oxygen atoms in total. The third-order valence-corrected chi connectivity index (χ3v) is 6.79. The second-order valence-corrected chi connectivity index (χ2v) is 8.02. The molecule has 3 rings (SSSR count). The molecule has 21 heavy (non-hydrogen) atoms. The molecule has 0 bridgehead atoms. The monoisotopic (exact) mass is 306 g/mol. The number of hydrogen-bond donors (Lipinski definition) is 1. The lowest BCUT2D eigenvalue weighted by atomic mass is 9.75. The van der Waals surface area contributed by atoms with Crippen LogP contribution in [0.4, 0.5) is 0 Å². The topological polar surface area (TPSA) is 24.9 Å². The van der Waals surface area contributed by atoms with E-state index in [-0.39, 0.29) is 5.54 Å². The lowest BCUT2D eigenvalue weighted by molar-refractivity contribution is 0.184. The lowest BCUT2D eigenvalue weighted by Crippen LogP contribution is -2.45. The van der Waals surface area contributed by atoms with Crippen LogP contribution in [-0.4, -0.2) is 11.5 Å². The van der Waals surface area contributed by atoms with Crippen molar-refractivity contribution in [3.05, 3.63) is 15.6 Å². The molecule has 0 unspecified atom stereocenters. The van der Waals surface area contributed by atoms with Gasteiger partial charge in [0.2, 0.25) is 0 Å². The van der Waals surface area contributed by atoms with Gasteiger partial charge in [-0.3, -0.25) is 0 Å². The molecular formula is C18H30N2S. The van der Waals surface area contributed by atoms with Crippen LogP contribution >= 0.6 is 11.3 Å². The Morgan fingerprint density at radius 1 is 1.19 bits per heavy atom. The van der Waals surface area contributed by atoms with E-state index in [9.17, 15) is 0 Å². The average molecular weight is 307 g/mol. The quantitative estimate of drug-likeness (QED) is 0.844. The predicted octanol–water partition coefficient (Wildman–Crippen LogP) is 4.82. The summed E-state index contributed by atoms with van der Waals surface area (Å²) in [6.07, 6.45) is 13.3. The van der Waals surface area contributed by atoms with Gasteiger partial charge in [0.15, 0.2) is 0 Å². The first-order valence-electron chi connectivity index (χ1n) is 9.01. The zero-order valence-corrected chi connectivity index (χ0v) is 14.5. The maximum absolute atomic E-state index is 5.09. The van der Waals surface area contributed by atoms with Gasteiger partial charge in [0, 0.05) is 4.88 Å². The van der Waals surface area contributed by atoms with Crippen molar-refractivity contribution in [2.75, 3.05) is 6.54 Å². The van der Waals surface area contributed by atoms with Gasteiger partial charge in [-0.15, -0.1) is 11.3 Å². The van der Waals surface area contributed by atoms with Gasteiger partial charge in [-0.1, -0.05) is 26.7 Å². The predicted molar refractivity (Wildman–Crippen MR) is 91.0 cm³/mol. The second kappa shape index (κ2) is 6.78. The van der Waals surface area contributed by atoms with Gasteiger partial charge in [0.25, 0.3) is 0 Å². The van der Waals surface area contributed by atoms with Crippen LogP contribution in [0.1, 0.15) is 80.8 Å². The van der Waals surface area contributed by atoms with Crippen LogP contribution in [0.25, 0.3) is 0 Å². The Morgan fingerprint density at radius 3 is 2.62 bits per heavy atom. The van der Waals surface area contributed by atoms with Crippen LogP contribution in [0.15, 0.2) is 0 Å². The van der Waals surface area contributed by atoms with Crippen LogP contribution < -0.4 is 5.32 Å². The molecule has 0 aromatic carbocycles. The fourth-order valence-corrected chi connectivity index (χ4v) is 5.60. The minimum atomic E-state index is 0.195. The lowest BCUT2D eigenvalue weighted by Gasteiger charge is -2.39. The molecule has 1 fully saturated rings. The van der Waals surface area contributed by atoms with Crippen molar-refractivity contribution in [3.63, 3.8) is 0 Å². The fourth-order valence-electron chi connectivity index (χ4n) is 4.23. The number of aryl methyl sites for hydroxylation is 2. The average Bonchev–Trinajstić information content (AvgIpc) is 2.94. The molecule has 1 N–H and O–H groups in total. The molecular weight excluding hydrogens is 276 g/mol. The van der Waals surface area contributed by atoms with Crippen molar-refractivity contribution in [1.29, 1.82) is 0 Å². The summed E-state index contributed by atoms with van der Waals surface area (Å²) in [5.41, 5.74) is 1.62. The Hall–Kier alpha value is -0.410. The Balaban J connectivity index is 1.79. The molecule has 118 valence electrons. The van der Waals surface area contributed by atoms with Crippen molar-refractivity contribution in [1.82, 2.24) is 10.3 Å². The molecule has 0 atom stereocenters. The van der Waals surface area contributed by atoms with Gasteiger partial charge in [-0.05, 0) is 63.8 Å². The number of hydrogen-bond acceptors (Lipinski definition) is 3. The van der Waals surface area contributed by atoms with Crippen LogP contribution in [-0.2, 0) is 18.4 Å². The summed E-state index contributed by atoms with van der Waals surface area (Å²) in [6, 6.07) is 0. The zero-order chi connectivity index (χ0) is 14.7. The molecule has 0 aliphatic heterocycles. The maximum Gasteiger partial charge on any atom is 0.113 e. The third-order valence-electron chi connectivity index (χ3n) is 5.43. The summed E-state index contributed by atoms with van der Waals surface area (Å²) in [5.74, 6) is 0.955. The summed E-state index contributed by atoms with van der Waals surface area (Å²) in [6.45, 7) is 5.62. The van der Waals surface area contributed by atoms with E-state index in [4.69, 9.17) is 4.98 Å². The van der Waals surface area contributed by atoms with E-state index in [0.29, 0.717) is 0 Å². The van der Waals surface area contributed by atoms with Crippen molar-refractivity contribution in [2.24, 2.45) is 5.92 Å². The normalized spacial score (nSPS) is 29.3. The van der Waals surface area contributed by atoms with E-state index in [2.05, 4.69) is 19.2 Å². The van der Waals surface area contributed by atoms with Crippen LogP contribution in [0.3, 0.4) is 0 Å². The molecule has 1 aromatic rings. The molecule has 0 amide bonds. The molecule has 1 saturated carbocycles. The number of nitrogens with one attached hydrogen (secondary N) is 1. The molecule has 0 saturated heterocycles. The number of nitrogens with zero attached hydrogens (tertiary/aromatic N) is 1. The Kier molecular flexibility index (Phi) is 5.00. The summed E-state index contributed by atoms with van der Waals surface area (Å²) in [7, 11) is 0. The smallest absolute Gasteiger partial charge is 0.113 e. The highest BCUT2D eigenvalue weighted by Gasteiger charge is 2.39. The minimum Gasteiger partial charge on any atom is -0.306 e. The number of fused-ring (bicyclic) bond motifs is 1. The summed E-state index contributed by atoms with van der Waals surface area (Å²) in [5, 5.41) is 5.24. The zero-order valence-electron chi connectivity index (χ0n) is 13.7. The van der Waals surface area contributed by atoms with Gasteiger partial charge in [-0.2, -0.15) is 0 Å². The van der Waals surface area contributed by atoms with E-state index < -0.39 is 0 Å². The van der Waals surface area contributed by atoms with Gasteiger partial charge in [-0.25, -0.2) is 4.98 Å². The standard InChI is InChI=1S/C18H30N2S/c1-3-7-14-10-12-18(13-11-14,19-4-2)17-20-15-8-5-6-9-16(15)21-17/h14,19H,3-13H2,1-2H3. The van der Waals surface area contributed by atoms with E-state index in [1.807, 2.05) is 11.3 Å². The number of aromatic nitrogens is 1. The van der Waals surface area contributed by atoms with E-state index in [0.717, 1.165) is 12.5 Å². The Morgan fingerprint density at radius 2 is 1.95 bits per heavy atom. The summed E-state index contributed by atoms with van der Waals surface area (Å²) in [4.78, 5) is 6.68. The summed E-state index contributed by atoms with van der Waals surface area (Å²) >= 11 is 2.02. The van der Waals surface area contributed by atoms with Gasteiger partial charge >= 0.3 is 0 Å². The maximum atomic E-state index is 5.09. The molecule has 2 aliphatic rings. The molecule has 0 spiro atoms. The highest BCUT2D eigenvalue weighted by molar-refractivity contribution is 7.11. The summed E-state index contributed by atoms with van der Waals surface area (Å²) < 4.78 is 0. The van der Waals surface area contributed by atoms with Gasteiger partial charge in [0.05, 0.1) is 11.2 Å². The SMILES string of the molecule is CCCC1CCC(NCC)(c2nc3c(s2)CCCC3)CC1. The molecule has 3 heteroatoms.